The van der Waals surface area contributed by atoms with E-state index in [1.54, 1.807) is 31.2 Å². The van der Waals surface area contributed by atoms with Crippen LogP contribution in [0.3, 0.4) is 0 Å². The van der Waals surface area contributed by atoms with Gasteiger partial charge in [0.2, 0.25) is 0 Å². The summed E-state index contributed by atoms with van der Waals surface area (Å²) < 4.78 is 0. The van der Waals surface area contributed by atoms with Crippen molar-refractivity contribution in [2.24, 2.45) is 0 Å². The average molecular weight is 345 g/mol. The van der Waals surface area contributed by atoms with Gasteiger partial charge in [-0.2, -0.15) is 5.26 Å². The van der Waals surface area contributed by atoms with Crippen LogP contribution < -0.4 is 5.32 Å². The summed E-state index contributed by atoms with van der Waals surface area (Å²) in [5, 5.41) is 11.7. The third kappa shape index (κ3) is 2.55. The zero-order valence-corrected chi connectivity index (χ0v) is 14.6. The number of amides is 3. The Hall–Kier alpha value is -3.13. The van der Waals surface area contributed by atoms with E-state index in [4.69, 9.17) is 5.26 Å². The number of imide groups is 1. The standard InChI is InChI=1S/C21H19N3O2/c1-21(18-10-9-16-3-2-4-17(16)11-18)19(25)24(20(26)23-21)13-15-7-5-14(12-22)6-8-15/h5-11H,2-4,13H2,1H3,(H,23,26)/t21-/m1/s1. The number of rotatable bonds is 3. The van der Waals surface area contributed by atoms with Crippen LogP contribution in [0.1, 0.15) is 41.2 Å². The van der Waals surface area contributed by atoms with Crippen molar-refractivity contribution in [3.8, 4) is 6.07 Å². The predicted molar refractivity (Wildman–Crippen MR) is 96.1 cm³/mol. The van der Waals surface area contributed by atoms with Crippen LogP contribution in [0, 0.1) is 11.3 Å². The normalized spacial score (nSPS) is 21.5. The highest BCUT2D eigenvalue weighted by atomic mass is 16.2. The number of aryl methyl sites for hydroxylation is 2. The maximum Gasteiger partial charge on any atom is 0.325 e. The van der Waals surface area contributed by atoms with Crippen LogP contribution in [-0.4, -0.2) is 16.8 Å². The highest BCUT2D eigenvalue weighted by molar-refractivity contribution is 6.07. The van der Waals surface area contributed by atoms with Gasteiger partial charge in [-0.25, -0.2) is 4.79 Å². The molecule has 26 heavy (non-hydrogen) atoms. The number of benzene rings is 2. The minimum Gasteiger partial charge on any atom is -0.319 e. The lowest BCUT2D eigenvalue weighted by atomic mass is 9.89. The average Bonchev–Trinajstić information content (AvgIpc) is 3.21. The number of carbonyl (C=O) groups excluding carboxylic acids is 2. The number of urea groups is 1. The third-order valence-electron chi connectivity index (χ3n) is 5.37. The first-order valence-corrected chi connectivity index (χ1v) is 8.77. The third-order valence-corrected chi connectivity index (χ3v) is 5.37. The van der Waals surface area contributed by atoms with E-state index in [-0.39, 0.29) is 18.5 Å². The van der Waals surface area contributed by atoms with E-state index in [1.165, 1.54) is 16.0 Å². The van der Waals surface area contributed by atoms with Gasteiger partial charge in [0, 0.05) is 0 Å². The number of nitrogens with one attached hydrogen (secondary N) is 1. The lowest BCUT2D eigenvalue weighted by Gasteiger charge is -2.23. The molecule has 2 aliphatic rings. The molecule has 1 fully saturated rings. The number of fused-ring (bicyclic) bond motifs is 1. The van der Waals surface area contributed by atoms with Crippen molar-refractivity contribution < 1.29 is 9.59 Å². The number of carbonyl (C=O) groups is 2. The molecule has 0 radical (unpaired) electrons. The van der Waals surface area contributed by atoms with E-state index < -0.39 is 5.54 Å². The van der Waals surface area contributed by atoms with Crippen molar-refractivity contribution >= 4 is 11.9 Å². The van der Waals surface area contributed by atoms with Crippen molar-refractivity contribution in [3.05, 3.63) is 70.3 Å². The topological polar surface area (TPSA) is 73.2 Å². The summed E-state index contributed by atoms with van der Waals surface area (Å²) in [5.74, 6) is -0.246. The molecule has 0 unspecified atom stereocenters. The highest BCUT2D eigenvalue weighted by Crippen LogP contribution is 2.33. The Morgan fingerprint density at radius 2 is 1.85 bits per heavy atom. The van der Waals surface area contributed by atoms with Gasteiger partial charge in [0.25, 0.3) is 5.91 Å². The van der Waals surface area contributed by atoms with Gasteiger partial charge in [-0.3, -0.25) is 9.69 Å². The second kappa shape index (κ2) is 5.99. The van der Waals surface area contributed by atoms with E-state index in [2.05, 4.69) is 23.5 Å². The summed E-state index contributed by atoms with van der Waals surface area (Å²) in [6, 6.07) is 14.7. The van der Waals surface area contributed by atoms with Crippen molar-refractivity contribution in [1.82, 2.24) is 10.2 Å². The number of hydrogen-bond acceptors (Lipinski definition) is 3. The Bertz CT molecular complexity index is 943. The Morgan fingerprint density at radius 3 is 2.58 bits per heavy atom. The van der Waals surface area contributed by atoms with E-state index in [9.17, 15) is 9.59 Å². The van der Waals surface area contributed by atoms with E-state index in [0.717, 1.165) is 30.4 Å². The van der Waals surface area contributed by atoms with Gasteiger partial charge >= 0.3 is 6.03 Å². The van der Waals surface area contributed by atoms with Crippen molar-refractivity contribution in [2.75, 3.05) is 0 Å². The molecule has 2 aromatic rings. The fraction of sp³-hybridized carbons (Fsp3) is 0.286. The van der Waals surface area contributed by atoms with Crippen molar-refractivity contribution in [3.63, 3.8) is 0 Å². The second-order valence-corrected chi connectivity index (χ2v) is 7.09. The number of nitriles is 1. The Kier molecular flexibility index (Phi) is 3.77. The molecule has 4 rings (SSSR count). The van der Waals surface area contributed by atoms with Gasteiger partial charge in [-0.05, 0) is 60.6 Å². The van der Waals surface area contributed by atoms with Crippen molar-refractivity contribution in [1.29, 1.82) is 5.26 Å². The Labute approximate surface area is 152 Å². The maximum absolute atomic E-state index is 13.1. The molecular formula is C21H19N3O2. The first-order valence-electron chi connectivity index (χ1n) is 8.77. The largest absolute Gasteiger partial charge is 0.325 e. The number of nitrogens with zero attached hydrogens (tertiary/aromatic N) is 2. The van der Waals surface area contributed by atoms with E-state index in [1.807, 2.05) is 6.07 Å². The molecule has 0 aromatic heterocycles. The molecule has 0 spiro atoms. The zero-order valence-electron chi connectivity index (χ0n) is 14.6. The molecule has 2 aromatic carbocycles. The minimum atomic E-state index is -1.04. The van der Waals surface area contributed by atoms with Crippen molar-refractivity contribution in [2.45, 2.75) is 38.3 Å². The summed E-state index contributed by atoms with van der Waals surface area (Å²) in [4.78, 5) is 26.8. The molecule has 1 heterocycles. The first kappa shape index (κ1) is 16.3. The lowest BCUT2D eigenvalue weighted by Crippen LogP contribution is -2.40. The first-order chi connectivity index (χ1) is 12.5. The van der Waals surface area contributed by atoms with Crippen LogP contribution >= 0.6 is 0 Å². The molecular weight excluding hydrogens is 326 g/mol. The fourth-order valence-electron chi connectivity index (χ4n) is 3.79. The molecule has 0 saturated carbocycles. The number of hydrogen-bond donors (Lipinski definition) is 1. The molecule has 5 heteroatoms. The lowest BCUT2D eigenvalue weighted by molar-refractivity contribution is -0.131. The van der Waals surface area contributed by atoms with Gasteiger partial charge in [-0.15, -0.1) is 0 Å². The molecule has 5 nitrogen and oxygen atoms in total. The second-order valence-electron chi connectivity index (χ2n) is 7.09. The summed E-state index contributed by atoms with van der Waals surface area (Å²) in [7, 11) is 0. The fourth-order valence-corrected chi connectivity index (χ4v) is 3.79. The molecule has 1 atom stereocenters. The SMILES string of the molecule is C[C@]1(c2ccc3c(c2)CCC3)NC(=O)N(Cc2ccc(C#N)cc2)C1=O. The van der Waals surface area contributed by atoms with Crippen LogP contribution in [-0.2, 0) is 29.7 Å². The molecule has 1 saturated heterocycles. The molecule has 0 bridgehead atoms. The molecule has 3 amide bonds. The zero-order chi connectivity index (χ0) is 18.3. The Morgan fingerprint density at radius 1 is 1.12 bits per heavy atom. The smallest absolute Gasteiger partial charge is 0.319 e. The maximum atomic E-state index is 13.1. The van der Waals surface area contributed by atoms with Gasteiger partial charge in [0.1, 0.15) is 5.54 Å². The summed E-state index contributed by atoms with van der Waals surface area (Å²) in [6.45, 7) is 1.96. The van der Waals surface area contributed by atoms with E-state index >= 15 is 0 Å². The van der Waals surface area contributed by atoms with Crippen LogP contribution in [0.25, 0.3) is 0 Å². The van der Waals surface area contributed by atoms with Gasteiger partial charge in [0.15, 0.2) is 0 Å². The summed E-state index contributed by atoms with van der Waals surface area (Å²) >= 11 is 0. The van der Waals surface area contributed by atoms with Gasteiger partial charge in [0.05, 0.1) is 18.2 Å². The van der Waals surface area contributed by atoms with Crippen LogP contribution in [0.15, 0.2) is 42.5 Å². The predicted octanol–water partition coefficient (Wildman–Crippen LogP) is 3.01. The molecule has 1 aliphatic heterocycles. The highest BCUT2D eigenvalue weighted by Gasteiger charge is 2.49. The molecule has 130 valence electrons. The van der Waals surface area contributed by atoms with Gasteiger partial charge < -0.3 is 5.32 Å². The van der Waals surface area contributed by atoms with Crippen LogP contribution in [0.5, 0.6) is 0 Å². The quantitative estimate of drug-likeness (QED) is 0.869. The summed E-state index contributed by atoms with van der Waals surface area (Å²) in [6.07, 6.45) is 3.24. The van der Waals surface area contributed by atoms with Crippen LogP contribution in [0.4, 0.5) is 4.79 Å². The molecule has 1 aliphatic carbocycles. The minimum absolute atomic E-state index is 0.191. The van der Waals surface area contributed by atoms with E-state index in [0.29, 0.717) is 5.56 Å². The van der Waals surface area contributed by atoms with Crippen LogP contribution in [0.2, 0.25) is 0 Å². The monoisotopic (exact) mass is 345 g/mol. The van der Waals surface area contributed by atoms with Gasteiger partial charge in [-0.1, -0.05) is 30.3 Å². The Balaban J connectivity index is 1.60. The summed E-state index contributed by atoms with van der Waals surface area (Å²) in [5.41, 5.74) is 3.76. The molecule has 1 N–H and O–H groups in total.